The van der Waals surface area contributed by atoms with Gasteiger partial charge in [-0.3, -0.25) is 0 Å². The van der Waals surface area contributed by atoms with E-state index in [0.29, 0.717) is 11.2 Å². The number of aryl methyl sites for hydroxylation is 2. The van der Waals surface area contributed by atoms with Crippen molar-refractivity contribution >= 4 is 18.1 Å². The van der Waals surface area contributed by atoms with Crippen LogP contribution >= 0.6 is 0 Å². The van der Waals surface area contributed by atoms with Gasteiger partial charge in [0.25, 0.3) is 0 Å². The Kier molecular flexibility index (Phi) is 2.41. The molecule has 0 saturated heterocycles. The SMILES string of the molecule is CB(F)c1cc(C)cc(C)c1N. The van der Waals surface area contributed by atoms with Crippen LogP contribution in [0.2, 0.25) is 6.82 Å². The third-order valence-corrected chi connectivity index (χ3v) is 1.99. The molecule has 12 heavy (non-hydrogen) atoms. The highest BCUT2D eigenvalue weighted by Gasteiger charge is 2.14. The van der Waals surface area contributed by atoms with Gasteiger partial charge in [-0.2, -0.15) is 0 Å². The van der Waals surface area contributed by atoms with Crippen molar-refractivity contribution in [3.8, 4) is 0 Å². The molecule has 0 radical (unpaired) electrons. The van der Waals surface area contributed by atoms with E-state index in [1.54, 1.807) is 6.07 Å². The molecule has 64 valence electrons. The molecule has 0 atom stereocenters. The Bertz CT molecular complexity index is 297. The molecule has 1 nitrogen and oxygen atoms in total. The summed E-state index contributed by atoms with van der Waals surface area (Å²) in [5, 5.41) is 0. The van der Waals surface area contributed by atoms with Crippen LogP contribution in [0.5, 0.6) is 0 Å². The Morgan fingerprint density at radius 1 is 1.33 bits per heavy atom. The van der Waals surface area contributed by atoms with Gasteiger partial charge in [0, 0.05) is 5.69 Å². The zero-order chi connectivity index (χ0) is 9.30. The number of nitrogens with two attached hydrogens (primary N) is 1. The summed E-state index contributed by atoms with van der Waals surface area (Å²) in [6, 6.07) is 3.76. The smallest absolute Gasteiger partial charge is 0.379 e. The van der Waals surface area contributed by atoms with Crippen LogP contribution in [0.15, 0.2) is 12.1 Å². The molecule has 1 aromatic carbocycles. The number of hydrogen-bond acceptors (Lipinski definition) is 1. The molecule has 0 aromatic heterocycles. The minimum atomic E-state index is -0.983. The predicted octanol–water partition coefficient (Wildman–Crippen LogP) is 1.68. The molecule has 0 spiro atoms. The zero-order valence-corrected chi connectivity index (χ0v) is 7.69. The molecule has 0 heterocycles. The Hall–Kier alpha value is -0.985. The minimum absolute atomic E-state index is 0.579. The van der Waals surface area contributed by atoms with Gasteiger partial charge in [0.05, 0.1) is 0 Å². The lowest BCUT2D eigenvalue weighted by atomic mass is 9.65. The first-order valence-electron chi connectivity index (χ1n) is 4.03. The van der Waals surface area contributed by atoms with Crippen LogP contribution in [0.25, 0.3) is 0 Å². The lowest BCUT2D eigenvalue weighted by Gasteiger charge is -2.08. The number of anilines is 1. The molecule has 0 aliphatic heterocycles. The van der Waals surface area contributed by atoms with E-state index in [-0.39, 0.29) is 0 Å². The molecular weight excluding hydrogens is 152 g/mol. The van der Waals surface area contributed by atoms with Gasteiger partial charge >= 0.3 is 6.99 Å². The topological polar surface area (TPSA) is 26.0 Å². The summed E-state index contributed by atoms with van der Waals surface area (Å²) < 4.78 is 13.0. The second kappa shape index (κ2) is 3.17. The number of nitrogen functional groups attached to an aromatic ring is 1. The van der Waals surface area contributed by atoms with Gasteiger partial charge < -0.3 is 10.0 Å². The molecule has 0 saturated carbocycles. The Morgan fingerprint density at radius 2 is 1.92 bits per heavy atom. The first-order valence-corrected chi connectivity index (χ1v) is 4.03. The van der Waals surface area contributed by atoms with Gasteiger partial charge in [-0.25, -0.2) is 0 Å². The third-order valence-electron chi connectivity index (χ3n) is 1.99. The van der Waals surface area contributed by atoms with Crippen molar-refractivity contribution in [3.63, 3.8) is 0 Å². The molecule has 1 rings (SSSR count). The van der Waals surface area contributed by atoms with Crippen LogP contribution in [0.1, 0.15) is 11.1 Å². The van der Waals surface area contributed by atoms with E-state index in [9.17, 15) is 4.32 Å². The van der Waals surface area contributed by atoms with Gasteiger partial charge in [-0.05, 0) is 31.7 Å². The van der Waals surface area contributed by atoms with Crippen molar-refractivity contribution in [1.82, 2.24) is 0 Å². The zero-order valence-electron chi connectivity index (χ0n) is 7.69. The summed E-state index contributed by atoms with van der Waals surface area (Å²) in [6.45, 7) is 4.36. The fraction of sp³-hybridized carbons (Fsp3) is 0.333. The first-order chi connectivity index (χ1) is 5.52. The molecule has 0 amide bonds. The summed E-state index contributed by atoms with van der Waals surface area (Å²) in [5.74, 6) is 0. The van der Waals surface area contributed by atoms with Gasteiger partial charge in [0.1, 0.15) is 0 Å². The molecule has 0 fully saturated rings. The Balaban J connectivity index is 3.28. The normalized spacial score (nSPS) is 10.0. The van der Waals surface area contributed by atoms with Gasteiger partial charge in [0.15, 0.2) is 0 Å². The van der Waals surface area contributed by atoms with Crippen molar-refractivity contribution in [2.24, 2.45) is 0 Å². The van der Waals surface area contributed by atoms with E-state index >= 15 is 0 Å². The average Bonchev–Trinajstić information content (AvgIpc) is 1.96. The van der Waals surface area contributed by atoms with Crippen LogP contribution in [-0.2, 0) is 0 Å². The number of rotatable bonds is 1. The maximum atomic E-state index is 13.0. The standard InChI is InChI=1S/C9H13BFN/c1-6-4-7(2)9(12)8(5-6)10(3)11/h4-5H,12H2,1-3H3. The van der Waals surface area contributed by atoms with Crippen molar-refractivity contribution in [1.29, 1.82) is 0 Å². The highest BCUT2D eigenvalue weighted by atomic mass is 19.1. The monoisotopic (exact) mass is 165 g/mol. The van der Waals surface area contributed by atoms with Crippen molar-refractivity contribution in [3.05, 3.63) is 23.3 Å². The second-order valence-corrected chi connectivity index (χ2v) is 3.20. The van der Waals surface area contributed by atoms with Crippen LogP contribution < -0.4 is 11.2 Å². The minimum Gasteiger partial charge on any atom is -0.399 e. The maximum Gasteiger partial charge on any atom is 0.379 e. The summed E-state index contributed by atoms with van der Waals surface area (Å²) in [7, 11) is 0. The highest BCUT2D eigenvalue weighted by Crippen LogP contribution is 2.11. The summed E-state index contributed by atoms with van der Waals surface area (Å²) in [5.41, 5.74) is 8.91. The van der Waals surface area contributed by atoms with Crippen LogP contribution in [0.4, 0.5) is 10.0 Å². The van der Waals surface area contributed by atoms with E-state index in [2.05, 4.69) is 0 Å². The summed E-state index contributed by atoms with van der Waals surface area (Å²) in [6.07, 6.45) is 0. The van der Waals surface area contributed by atoms with Gasteiger partial charge in [-0.15, -0.1) is 0 Å². The van der Waals surface area contributed by atoms with Crippen LogP contribution in [0, 0.1) is 13.8 Å². The van der Waals surface area contributed by atoms with Crippen LogP contribution in [0.3, 0.4) is 0 Å². The van der Waals surface area contributed by atoms with E-state index in [1.807, 2.05) is 19.9 Å². The quantitative estimate of drug-likeness (QED) is 0.497. The number of benzene rings is 1. The first kappa shape index (κ1) is 9.11. The fourth-order valence-corrected chi connectivity index (χ4v) is 1.34. The molecule has 3 heteroatoms. The lowest BCUT2D eigenvalue weighted by Crippen LogP contribution is -2.26. The third kappa shape index (κ3) is 1.60. The molecule has 0 aliphatic carbocycles. The second-order valence-electron chi connectivity index (χ2n) is 3.20. The number of halogens is 1. The molecule has 0 unspecified atom stereocenters. The molecule has 1 aromatic rings. The molecular formula is C9H13BFN. The van der Waals surface area contributed by atoms with Crippen LogP contribution in [-0.4, -0.2) is 6.99 Å². The Morgan fingerprint density at radius 3 is 2.42 bits per heavy atom. The van der Waals surface area contributed by atoms with E-state index in [1.165, 1.54) is 6.82 Å². The highest BCUT2D eigenvalue weighted by molar-refractivity contribution is 6.67. The van der Waals surface area contributed by atoms with E-state index in [4.69, 9.17) is 5.73 Å². The molecule has 2 N–H and O–H groups in total. The predicted molar refractivity (Wildman–Crippen MR) is 52.7 cm³/mol. The maximum absolute atomic E-state index is 13.0. The molecule has 0 aliphatic rings. The van der Waals surface area contributed by atoms with Gasteiger partial charge in [0.2, 0.25) is 0 Å². The largest absolute Gasteiger partial charge is 0.399 e. The average molecular weight is 165 g/mol. The molecule has 0 bridgehead atoms. The van der Waals surface area contributed by atoms with Crippen molar-refractivity contribution < 1.29 is 4.32 Å². The Labute approximate surface area is 72.9 Å². The van der Waals surface area contributed by atoms with Crippen molar-refractivity contribution in [2.75, 3.05) is 5.73 Å². The summed E-state index contributed by atoms with van der Waals surface area (Å²) >= 11 is 0. The fourth-order valence-electron chi connectivity index (χ4n) is 1.34. The van der Waals surface area contributed by atoms with E-state index < -0.39 is 6.99 Å². The van der Waals surface area contributed by atoms with E-state index in [0.717, 1.165) is 11.1 Å². The number of hydrogen-bond donors (Lipinski definition) is 1. The van der Waals surface area contributed by atoms with Crippen molar-refractivity contribution in [2.45, 2.75) is 20.7 Å². The summed E-state index contributed by atoms with van der Waals surface area (Å²) in [4.78, 5) is 0. The lowest BCUT2D eigenvalue weighted by molar-refractivity contribution is 0.856. The van der Waals surface area contributed by atoms with Gasteiger partial charge in [-0.1, -0.05) is 17.7 Å².